The van der Waals surface area contributed by atoms with Crippen molar-refractivity contribution < 1.29 is 28.6 Å². The van der Waals surface area contributed by atoms with Gasteiger partial charge in [-0.25, -0.2) is 0 Å². The predicted octanol–water partition coefficient (Wildman–Crippen LogP) is 21.0. The third-order valence-electron chi connectivity index (χ3n) is 13.0. The van der Waals surface area contributed by atoms with Crippen LogP contribution in [-0.2, 0) is 28.6 Å². The lowest BCUT2D eigenvalue weighted by molar-refractivity contribution is -0.167. The Kier molecular flexibility index (Phi) is 58.3. The van der Waals surface area contributed by atoms with Gasteiger partial charge in [0.15, 0.2) is 6.10 Å². The van der Waals surface area contributed by atoms with Crippen LogP contribution >= 0.6 is 0 Å². The number of hydrogen-bond acceptors (Lipinski definition) is 6. The van der Waals surface area contributed by atoms with Crippen LogP contribution in [0.5, 0.6) is 0 Å². The van der Waals surface area contributed by atoms with Crippen molar-refractivity contribution in [3.8, 4) is 0 Å². The van der Waals surface area contributed by atoms with Crippen LogP contribution in [0.3, 0.4) is 0 Å². The Balaban J connectivity index is 4.24. The van der Waals surface area contributed by atoms with Gasteiger partial charge in [-0.15, -0.1) is 0 Å². The van der Waals surface area contributed by atoms with E-state index in [2.05, 4.69) is 130 Å². The molecule has 74 heavy (non-hydrogen) atoms. The smallest absolute Gasteiger partial charge is 0.306 e. The zero-order valence-electron chi connectivity index (χ0n) is 48.3. The molecule has 0 aromatic heterocycles. The van der Waals surface area contributed by atoms with Crippen molar-refractivity contribution in [2.45, 2.75) is 290 Å². The first-order chi connectivity index (χ1) is 36.5. The van der Waals surface area contributed by atoms with E-state index in [-0.39, 0.29) is 31.1 Å². The molecule has 422 valence electrons. The maximum atomic E-state index is 12.8. The van der Waals surface area contributed by atoms with E-state index < -0.39 is 6.10 Å². The van der Waals surface area contributed by atoms with Crippen molar-refractivity contribution in [3.05, 3.63) is 109 Å². The number of carbonyl (C=O) groups is 3. The largest absolute Gasteiger partial charge is 0.462 e. The average molecular weight is 1030 g/mol. The third-order valence-corrected chi connectivity index (χ3v) is 13.0. The van der Waals surface area contributed by atoms with E-state index in [4.69, 9.17) is 14.2 Å². The molecule has 0 aliphatic carbocycles. The number of unbranched alkanes of at least 4 members (excludes halogenated alkanes) is 26. The zero-order valence-corrected chi connectivity index (χ0v) is 48.3. The van der Waals surface area contributed by atoms with E-state index in [1.165, 1.54) is 116 Å². The summed E-state index contributed by atoms with van der Waals surface area (Å²) < 4.78 is 16.8. The Morgan fingerprint density at radius 1 is 0.284 bits per heavy atom. The first-order valence-corrected chi connectivity index (χ1v) is 30.9. The predicted molar refractivity (Wildman–Crippen MR) is 320 cm³/mol. The van der Waals surface area contributed by atoms with Gasteiger partial charge in [0.2, 0.25) is 0 Å². The minimum Gasteiger partial charge on any atom is -0.462 e. The molecule has 0 bridgehead atoms. The van der Waals surface area contributed by atoms with E-state index in [0.29, 0.717) is 19.3 Å². The summed E-state index contributed by atoms with van der Waals surface area (Å²) in [5.41, 5.74) is 0. The van der Waals surface area contributed by atoms with Gasteiger partial charge in [0.1, 0.15) is 13.2 Å². The third kappa shape index (κ3) is 59.0. The van der Waals surface area contributed by atoms with E-state index >= 15 is 0 Å². The number of carbonyl (C=O) groups excluding carboxylic acids is 3. The highest BCUT2D eigenvalue weighted by atomic mass is 16.6. The lowest BCUT2D eigenvalue weighted by atomic mass is 10.1. The van der Waals surface area contributed by atoms with E-state index in [1.807, 2.05) is 0 Å². The zero-order chi connectivity index (χ0) is 53.6. The molecule has 0 amide bonds. The molecule has 6 heteroatoms. The molecule has 0 saturated heterocycles. The summed E-state index contributed by atoms with van der Waals surface area (Å²) in [6.07, 6.45) is 83.8. The average Bonchev–Trinajstić information content (AvgIpc) is 3.40. The van der Waals surface area contributed by atoms with Crippen LogP contribution in [0, 0.1) is 0 Å². The van der Waals surface area contributed by atoms with Crippen LogP contribution in [0.25, 0.3) is 0 Å². The van der Waals surface area contributed by atoms with Gasteiger partial charge in [0.05, 0.1) is 0 Å². The maximum Gasteiger partial charge on any atom is 0.306 e. The van der Waals surface area contributed by atoms with Crippen LogP contribution in [0.4, 0.5) is 0 Å². The molecule has 0 N–H and O–H groups in total. The van der Waals surface area contributed by atoms with Crippen molar-refractivity contribution in [1.82, 2.24) is 0 Å². The highest BCUT2D eigenvalue weighted by molar-refractivity contribution is 5.71. The van der Waals surface area contributed by atoms with Gasteiger partial charge in [0, 0.05) is 19.3 Å². The lowest BCUT2D eigenvalue weighted by Crippen LogP contribution is -2.30. The molecule has 0 saturated carbocycles. The molecular weight excluding hydrogens is 913 g/mol. The summed E-state index contributed by atoms with van der Waals surface area (Å²) in [6.45, 7) is 6.47. The first kappa shape index (κ1) is 70.1. The van der Waals surface area contributed by atoms with Crippen LogP contribution in [0.15, 0.2) is 109 Å². The van der Waals surface area contributed by atoms with Gasteiger partial charge in [-0.1, -0.05) is 246 Å². The number of rotatable bonds is 55. The molecule has 1 unspecified atom stereocenters. The van der Waals surface area contributed by atoms with Gasteiger partial charge in [-0.05, 0) is 128 Å². The maximum absolute atomic E-state index is 12.8. The van der Waals surface area contributed by atoms with Crippen molar-refractivity contribution in [1.29, 1.82) is 0 Å². The highest BCUT2D eigenvalue weighted by Crippen LogP contribution is 2.15. The van der Waals surface area contributed by atoms with E-state index in [9.17, 15) is 14.4 Å². The summed E-state index contributed by atoms with van der Waals surface area (Å²) in [6, 6.07) is 0. The SMILES string of the molecule is CC/C=C\C/C=C\C/C=C\C/C=C\C/C=C\C/C=C\C/C=C\CCCCCCCCCCCC(=O)OCC(COC(=O)CCCCCCC/C=C\CCCCC)OC(=O)CCCCCCC/C=C\CCCCCC. The topological polar surface area (TPSA) is 78.9 Å². The van der Waals surface area contributed by atoms with Gasteiger partial charge in [-0.2, -0.15) is 0 Å². The molecular formula is C68H114O6. The molecule has 0 spiro atoms. The summed E-state index contributed by atoms with van der Waals surface area (Å²) in [5.74, 6) is -0.908. The summed E-state index contributed by atoms with van der Waals surface area (Å²) in [5, 5.41) is 0. The first-order valence-electron chi connectivity index (χ1n) is 30.9. The summed E-state index contributed by atoms with van der Waals surface area (Å²) >= 11 is 0. The second-order valence-corrected chi connectivity index (χ2v) is 20.2. The Hall–Kier alpha value is -3.93. The molecule has 1 atom stereocenters. The highest BCUT2D eigenvalue weighted by Gasteiger charge is 2.19. The minimum absolute atomic E-state index is 0.0870. The van der Waals surface area contributed by atoms with Gasteiger partial charge in [0.25, 0.3) is 0 Å². The molecule has 0 aliphatic rings. The second-order valence-electron chi connectivity index (χ2n) is 20.2. The molecule has 0 fully saturated rings. The Labute approximate surface area is 457 Å². The number of esters is 3. The monoisotopic (exact) mass is 1030 g/mol. The van der Waals surface area contributed by atoms with Crippen molar-refractivity contribution >= 4 is 17.9 Å². The van der Waals surface area contributed by atoms with Crippen molar-refractivity contribution in [3.63, 3.8) is 0 Å². The van der Waals surface area contributed by atoms with Crippen LogP contribution in [0.1, 0.15) is 284 Å². The normalized spacial score (nSPS) is 12.9. The molecule has 0 aromatic rings. The van der Waals surface area contributed by atoms with Crippen LogP contribution in [0.2, 0.25) is 0 Å². The Morgan fingerprint density at radius 2 is 0.527 bits per heavy atom. The molecule has 0 aromatic carbocycles. The number of hydrogen-bond donors (Lipinski definition) is 0. The van der Waals surface area contributed by atoms with E-state index in [0.717, 1.165) is 128 Å². The molecule has 0 rings (SSSR count). The van der Waals surface area contributed by atoms with Crippen LogP contribution < -0.4 is 0 Å². The molecule has 0 heterocycles. The number of allylic oxidation sites excluding steroid dienone is 18. The van der Waals surface area contributed by atoms with Crippen molar-refractivity contribution in [2.24, 2.45) is 0 Å². The van der Waals surface area contributed by atoms with E-state index in [1.54, 1.807) is 0 Å². The van der Waals surface area contributed by atoms with Gasteiger partial charge >= 0.3 is 17.9 Å². The number of ether oxygens (including phenoxy) is 3. The fourth-order valence-corrected chi connectivity index (χ4v) is 8.35. The fraction of sp³-hybridized carbons (Fsp3) is 0.691. The fourth-order valence-electron chi connectivity index (χ4n) is 8.35. The molecule has 0 aliphatic heterocycles. The van der Waals surface area contributed by atoms with Crippen LogP contribution in [-0.4, -0.2) is 37.2 Å². The van der Waals surface area contributed by atoms with Gasteiger partial charge in [-0.3, -0.25) is 14.4 Å². The Bertz CT molecular complexity index is 1510. The summed E-state index contributed by atoms with van der Waals surface area (Å²) in [7, 11) is 0. The second kappa shape index (κ2) is 61.6. The summed E-state index contributed by atoms with van der Waals surface area (Å²) in [4.78, 5) is 38.1. The van der Waals surface area contributed by atoms with Crippen molar-refractivity contribution in [2.75, 3.05) is 13.2 Å². The quantitative estimate of drug-likeness (QED) is 0.0261. The molecule has 6 nitrogen and oxygen atoms in total. The standard InChI is InChI=1S/C68H114O6/c1-4-7-10-13-16-19-22-25-26-27-28-29-30-31-32-33-34-35-36-37-38-39-40-41-42-44-46-49-52-55-58-61-67(70)73-64-65(63-72-66(69)60-57-54-51-48-45-24-21-18-15-12-9-6-3)74-68(71)62-59-56-53-50-47-43-23-20-17-14-11-8-5-2/h7,10,16,18-21,23,25-26,28-29,31-32,34-35,37-38,65H,4-6,8-9,11-15,17,22,24,27,30,33,36,39-64H2,1-3H3/b10-7-,19-16-,21-18-,23-20-,26-25-,29-28-,32-31-,35-34-,38-37-. The van der Waals surface area contributed by atoms with Gasteiger partial charge < -0.3 is 14.2 Å². The lowest BCUT2D eigenvalue weighted by Gasteiger charge is -2.18. The minimum atomic E-state index is -0.788. The Morgan fingerprint density at radius 3 is 0.865 bits per heavy atom. The molecule has 0 radical (unpaired) electrons.